The number of alkyl halides is 2. The molecule has 0 spiro atoms. The van der Waals surface area contributed by atoms with E-state index in [1.54, 1.807) is 19.1 Å². The third kappa shape index (κ3) is 2.73. The molecule has 0 N–H and O–H groups in total. The van der Waals surface area contributed by atoms with Crippen molar-refractivity contribution in [3.05, 3.63) is 29.3 Å². The van der Waals surface area contributed by atoms with Gasteiger partial charge in [0, 0.05) is 5.75 Å². The Bertz CT molecular complexity index is 402. The third-order valence-electron chi connectivity index (χ3n) is 3.25. The molecular formula is C13H16F2OS. The summed E-state index contributed by atoms with van der Waals surface area (Å²) in [5, 5.41) is 0. The Balaban J connectivity index is 2.12. The molecule has 0 aliphatic heterocycles. The van der Waals surface area contributed by atoms with Gasteiger partial charge in [-0.2, -0.15) is 21.4 Å². The summed E-state index contributed by atoms with van der Waals surface area (Å²) >= 11 is 4.15. The molecule has 1 aromatic rings. The smallest absolute Gasteiger partial charge is 0.400 e. The molecule has 0 unspecified atom stereocenters. The molecule has 0 atom stereocenters. The van der Waals surface area contributed by atoms with Crippen LogP contribution in [0.3, 0.4) is 0 Å². The van der Waals surface area contributed by atoms with Crippen molar-refractivity contribution >= 4 is 12.6 Å². The Kier molecular flexibility index (Phi) is 3.61. The number of benzene rings is 1. The van der Waals surface area contributed by atoms with Crippen LogP contribution in [0.15, 0.2) is 18.2 Å². The van der Waals surface area contributed by atoms with Gasteiger partial charge in [0.1, 0.15) is 5.75 Å². The zero-order valence-electron chi connectivity index (χ0n) is 9.75. The highest BCUT2D eigenvalue weighted by Crippen LogP contribution is 2.41. The molecule has 0 amide bonds. The molecule has 0 bridgehead atoms. The van der Waals surface area contributed by atoms with E-state index in [1.165, 1.54) is 0 Å². The average Bonchev–Trinajstić information content (AvgIpc) is 2.17. The molecule has 1 nitrogen and oxygen atoms in total. The first kappa shape index (κ1) is 12.7. The molecule has 0 heterocycles. The van der Waals surface area contributed by atoms with E-state index in [2.05, 4.69) is 12.6 Å². The summed E-state index contributed by atoms with van der Waals surface area (Å²) in [5.41, 5.74) is 1.74. The highest BCUT2D eigenvalue weighted by atomic mass is 32.1. The van der Waals surface area contributed by atoms with Crippen molar-refractivity contribution in [2.45, 2.75) is 38.0 Å². The van der Waals surface area contributed by atoms with E-state index < -0.39 is 12.0 Å². The predicted molar refractivity (Wildman–Crippen MR) is 66.8 cm³/mol. The van der Waals surface area contributed by atoms with Crippen molar-refractivity contribution < 1.29 is 13.5 Å². The lowest BCUT2D eigenvalue weighted by Gasteiger charge is -2.33. The monoisotopic (exact) mass is 258 g/mol. The highest BCUT2D eigenvalue weighted by Gasteiger charge is 2.45. The quantitative estimate of drug-likeness (QED) is 0.796. The first-order chi connectivity index (χ1) is 8.03. The molecule has 0 saturated heterocycles. The molecule has 94 valence electrons. The van der Waals surface area contributed by atoms with Crippen LogP contribution in [0.25, 0.3) is 0 Å². The van der Waals surface area contributed by atoms with Gasteiger partial charge >= 0.3 is 6.11 Å². The maximum absolute atomic E-state index is 13.7. The summed E-state index contributed by atoms with van der Waals surface area (Å²) in [6.07, 6.45) is -1.05. The fraction of sp³-hybridized carbons (Fsp3) is 0.538. The van der Waals surface area contributed by atoms with Crippen LogP contribution in [0.5, 0.6) is 5.75 Å². The first-order valence-corrected chi connectivity index (χ1v) is 6.43. The molecule has 1 aliphatic rings. The molecule has 1 saturated carbocycles. The molecule has 0 radical (unpaired) electrons. The van der Waals surface area contributed by atoms with Crippen LogP contribution in [0.4, 0.5) is 8.78 Å². The highest BCUT2D eigenvalue weighted by molar-refractivity contribution is 7.79. The zero-order chi connectivity index (χ0) is 12.5. The lowest BCUT2D eigenvalue weighted by molar-refractivity contribution is -0.232. The van der Waals surface area contributed by atoms with E-state index in [9.17, 15) is 8.78 Å². The van der Waals surface area contributed by atoms with Crippen molar-refractivity contribution in [1.29, 1.82) is 0 Å². The van der Waals surface area contributed by atoms with E-state index in [-0.39, 0.29) is 5.75 Å². The van der Waals surface area contributed by atoms with Crippen LogP contribution >= 0.6 is 12.6 Å². The van der Waals surface area contributed by atoms with E-state index >= 15 is 0 Å². The SMILES string of the molecule is Cc1cc(CS)ccc1OC(F)(F)C1CCC1. The summed E-state index contributed by atoms with van der Waals surface area (Å²) in [7, 11) is 0. The number of aryl methyl sites for hydroxylation is 1. The largest absolute Gasteiger partial charge is 0.432 e. The summed E-state index contributed by atoms with van der Waals surface area (Å²) < 4.78 is 32.2. The molecule has 0 aromatic heterocycles. The van der Waals surface area contributed by atoms with E-state index in [4.69, 9.17) is 4.74 Å². The van der Waals surface area contributed by atoms with Gasteiger partial charge in [0.05, 0.1) is 5.92 Å². The maximum Gasteiger partial charge on any atom is 0.400 e. The van der Waals surface area contributed by atoms with Gasteiger partial charge in [-0.05, 0) is 37.0 Å². The van der Waals surface area contributed by atoms with Gasteiger partial charge in [-0.3, -0.25) is 0 Å². The van der Waals surface area contributed by atoms with Crippen molar-refractivity contribution in [2.75, 3.05) is 0 Å². The Hall–Kier alpha value is -0.770. The molecular weight excluding hydrogens is 242 g/mol. The fourth-order valence-electron chi connectivity index (χ4n) is 1.90. The molecule has 1 aromatic carbocycles. The number of hydrogen-bond acceptors (Lipinski definition) is 2. The minimum absolute atomic E-state index is 0.271. The Morgan fingerprint density at radius 1 is 1.41 bits per heavy atom. The normalized spacial score (nSPS) is 16.7. The van der Waals surface area contributed by atoms with Crippen LogP contribution < -0.4 is 4.74 Å². The lowest BCUT2D eigenvalue weighted by Crippen LogP contribution is -2.38. The Labute approximate surface area is 106 Å². The summed E-state index contributed by atoms with van der Waals surface area (Å²) in [5.74, 6) is 0.249. The molecule has 4 heteroatoms. The van der Waals surface area contributed by atoms with Crippen LogP contribution in [0, 0.1) is 12.8 Å². The van der Waals surface area contributed by atoms with Gasteiger partial charge in [0.15, 0.2) is 0 Å². The molecule has 17 heavy (non-hydrogen) atoms. The molecule has 1 aliphatic carbocycles. The maximum atomic E-state index is 13.7. The van der Waals surface area contributed by atoms with E-state index in [0.29, 0.717) is 18.6 Å². The molecule has 2 rings (SSSR count). The number of hydrogen-bond donors (Lipinski definition) is 1. The van der Waals surface area contributed by atoms with Gasteiger partial charge in [-0.25, -0.2) is 0 Å². The Morgan fingerprint density at radius 2 is 2.12 bits per heavy atom. The third-order valence-corrected chi connectivity index (χ3v) is 3.61. The van der Waals surface area contributed by atoms with Gasteiger partial charge < -0.3 is 4.74 Å². The van der Waals surface area contributed by atoms with E-state index in [1.807, 2.05) is 6.07 Å². The van der Waals surface area contributed by atoms with Gasteiger partial charge in [-0.1, -0.05) is 18.6 Å². The predicted octanol–water partition coefficient (Wildman–Crippen LogP) is 4.20. The second-order valence-corrected chi connectivity index (χ2v) is 4.87. The number of thiol groups is 1. The summed E-state index contributed by atoms with van der Waals surface area (Å²) in [4.78, 5) is 0. The van der Waals surface area contributed by atoms with Gasteiger partial charge in [0.25, 0.3) is 0 Å². The topological polar surface area (TPSA) is 9.23 Å². The minimum Gasteiger partial charge on any atom is -0.432 e. The lowest BCUT2D eigenvalue weighted by atomic mass is 9.84. The van der Waals surface area contributed by atoms with Crippen molar-refractivity contribution in [3.8, 4) is 5.75 Å². The zero-order valence-corrected chi connectivity index (χ0v) is 10.6. The second-order valence-electron chi connectivity index (χ2n) is 4.55. The van der Waals surface area contributed by atoms with Crippen molar-refractivity contribution in [2.24, 2.45) is 5.92 Å². The second kappa shape index (κ2) is 4.84. The van der Waals surface area contributed by atoms with E-state index in [0.717, 1.165) is 17.5 Å². The van der Waals surface area contributed by atoms with Crippen LogP contribution in [0.1, 0.15) is 30.4 Å². The number of ether oxygens (including phenoxy) is 1. The Morgan fingerprint density at radius 3 is 2.59 bits per heavy atom. The summed E-state index contributed by atoms with van der Waals surface area (Å²) in [6.45, 7) is 1.78. The number of halogens is 2. The standard InChI is InChI=1S/C13H16F2OS/c1-9-7-10(8-17)5-6-12(9)16-13(14,15)11-3-2-4-11/h5-7,11,17H,2-4,8H2,1H3. The van der Waals surface area contributed by atoms with Crippen LogP contribution in [0.2, 0.25) is 0 Å². The number of rotatable bonds is 4. The first-order valence-electron chi connectivity index (χ1n) is 5.80. The minimum atomic E-state index is -3.04. The average molecular weight is 258 g/mol. The van der Waals surface area contributed by atoms with Crippen LogP contribution in [-0.2, 0) is 5.75 Å². The van der Waals surface area contributed by atoms with Gasteiger partial charge in [-0.15, -0.1) is 0 Å². The summed E-state index contributed by atoms with van der Waals surface area (Å²) in [6, 6.07) is 5.21. The van der Waals surface area contributed by atoms with Crippen molar-refractivity contribution in [3.63, 3.8) is 0 Å². The fourth-order valence-corrected chi connectivity index (χ4v) is 2.10. The van der Waals surface area contributed by atoms with Crippen LogP contribution in [-0.4, -0.2) is 6.11 Å². The van der Waals surface area contributed by atoms with Crippen molar-refractivity contribution in [1.82, 2.24) is 0 Å². The van der Waals surface area contributed by atoms with Gasteiger partial charge in [0.2, 0.25) is 0 Å². The molecule has 1 fully saturated rings.